The maximum Gasteiger partial charge on any atom is 0.323 e. The number of nitrogens with zero attached hydrogens (tertiary/aromatic N) is 1. The fraction of sp³-hybridized carbons (Fsp3) is 0.286. The molecule has 0 spiro atoms. The molecule has 1 rings (SSSR count). The minimum atomic E-state index is -1.07. The van der Waals surface area contributed by atoms with Gasteiger partial charge >= 0.3 is 5.97 Å². The Morgan fingerprint density at radius 2 is 2.05 bits per heavy atom. The van der Waals surface area contributed by atoms with E-state index in [1.165, 1.54) is 18.1 Å². The topological polar surface area (TPSA) is 66.8 Å². The molecule has 0 saturated heterocycles. The molecular formula is C14H17NO4. The van der Waals surface area contributed by atoms with Crippen LogP contribution in [-0.4, -0.2) is 42.1 Å². The fourth-order valence-electron chi connectivity index (χ4n) is 1.72. The van der Waals surface area contributed by atoms with Crippen LogP contribution in [0.25, 0.3) is 0 Å². The first-order chi connectivity index (χ1) is 9.10. The van der Waals surface area contributed by atoms with Crippen molar-refractivity contribution in [1.82, 2.24) is 4.90 Å². The van der Waals surface area contributed by atoms with E-state index in [1.807, 2.05) is 6.07 Å². The second kappa shape index (κ2) is 7.33. The highest BCUT2D eigenvalue weighted by Crippen LogP contribution is 2.19. The van der Waals surface area contributed by atoms with Crippen molar-refractivity contribution in [1.29, 1.82) is 0 Å². The molecule has 1 N–H and O–H groups in total. The van der Waals surface area contributed by atoms with E-state index in [-0.39, 0.29) is 13.1 Å². The minimum absolute atomic E-state index is 0.165. The smallest absolute Gasteiger partial charge is 0.323 e. The summed E-state index contributed by atoms with van der Waals surface area (Å²) >= 11 is 0. The lowest BCUT2D eigenvalue weighted by Gasteiger charge is -2.24. The number of amides is 1. The monoisotopic (exact) mass is 263 g/mol. The zero-order valence-corrected chi connectivity index (χ0v) is 10.8. The molecule has 102 valence electrons. The van der Waals surface area contributed by atoms with Crippen LogP contribution in [0.15, 0.2) is 43.0 Å². The molecule has 1 aromatic carbocycles. The van der Waals surface area contributed by atoms with E-state index in [9.17, 15) is 9.59 Å². The standard InChI is InChI=1S/C14H17NO4/c1-3-9-15(10-12(16)17)14(18)13(19-2)11-7-5-4-6-8-11/h3-8,13H,1,9-10H2,2H3,(H,16,17). The number of carbonyl (C=O) groups is 2. The summed E-state index contributed by atoms with van der Waals surface area (Å²) in [5, 5.41) is 8.82. The number of hydrogen-bond acceptors (Lipinski definition) is 3. The lowest BCUT2D eigenvalue weighted by Crippen LogP contribution is -2.39. The molecule has 5 nitrogen and oxygen atoms in total. The first-order valence-corrected chi connectivity index (χ1v) is 5.79. The molecule has 0 aliphatic heterocycles. The Kier molecular flexibility index (Phi) is 5.75. The fourth-order valence-corrected chi connectivity index (χ4v) is 1.72. The van der Waals surface area contributed by atoms with Gasteiger partial charge in [0.25, 0.3) is 5.91 Å². The van der Waals surface area contributed by atoms with Gasteiger partial charge in [-0.15, -0.1) is 6.58 Å². The maximum absolute atomic E-state index is 12.3. The lowest BCUT2D eigenvalue weighted by molar-refractivity contribution is -0.149. The van der Waals surface area contributed by atoms with Crippen molar-refractivity contribution >= 4 is 11.9 Å². The molecule has 0 bridgehead atoms. The molecule has 19 heavy (non-hydrogen) atoms. The Hall–Kier alpha value is -2.14. The Morgan fingerprint density at radius 3 is 2.53 bits per heavy atom. The van der Waals surface area contributed by atoms with Gasteiger partial charge in [-0.3, -0.25) is 9.59 Å². The van der Waals surface area contributed by atoms with Crippen molar-refractivity contribution in [3.05, 3.63) is 48.6 Å². The van der Waals surface area contributed by atoms with Gasteiger partial charge in [0, 0.05) is 13.7 Å². The van der Waals surface area contributed by atoms with E-state index in [0.717, 1.165) is 0 Å². The average Bonchev–Trinajstić information content (AvgIpc) is 2.39. The summed E-state index contributed by atoms with van der Waals surface area (Å²) in [5.41, 5.74) is 0.689. The molecule has 0 radical (unpaired) electrons. The maximum atomic E-state index is 12.3. The van der Waals surface area contributed by atoms with Gasteiger partial charge in [-0.25, -0.2) is 0 Å². The Balaban J connectivity index is 2.92. The quantitative estimate of drug-likeness (QED) is 0.756. The van der Waals surface area contributed by atoms with Crippen LogP contribution in [-0.2, 0) is 14.3 Å². The second-order valence-corrected chi connectivity index (χ2v) is 3.93. The number of ether oxygens (including phenoxy) is 1. The minimum Gasteiger partial charge on any atom is -0.480 e. The van der Waals surface area contributed by atoms with Gasteiger partial charge in [0.1, 0.15) is 6.54 Å². The van der Waals surface area contributed by atoms with Crippen LogP contribution in [0.4, 0.5) is 0 Å². The first-order valence-electron chi connectivity index (χ1n) is 5.79. The molecule has 0 aliphatic rings. The number of benzene rings is 1. The van der Waals surface area contributed by atoms with Gasteiger partial charge in [0.05, 0.1) is 0 Å². The zero-order chi connectivity index (χ0) is 14.3. The number of carbonyl (C=O) groups excluding carboxylic acids is 1. The Morgan fingerprint density at radius 1 is 1.42 bits per heavy atom. The van der Waals surface area contributed by atoms with Crippen molar-refractivity contribution < 1.29 is 19.4 Å². The van der Waals surface area contributed by atoms with Crippen LogP contribution in [0.1, 0.15) is 11.7 Å². The molecule has 0 fully saturated rings. The van der Waals surface area contributed by atoms with Gasteiger partial charge in [-0.1, -0.05) is 36.4 Å². The molecule has 5 heteroatoms. The van der Waals surface area contributed by atoms with Crippen molar-refractivity contribution in [2.24, 2.45) is 0 Å². The summed E-state index contributed by atoms with van der Waals surface area (Å²) in [5.74, 6) is -1.46. The highest BCUT2D eigenvalue weighted by molar-refractivity contribution is 5.85. The third-order valence-corrected chi connectivity index (χ3v) is 2.55. The summed E-state index contributed by atoms with van der Waals surface area (Å²) in [6.45, 7) is 3.31. The van der Waals surface area contributed by atoms with Crippen LogP contribution in [0.2, 0.25) is 0 Å². The third kappa shape index (κ3) is 4.22. The largest absolute Gasteiger partial charge is 0.480 e. The lowest BCUT2D eigenvalue weighted by atomic mass is 10.1. The number of rotatable bonds is 7. The molecule has 1 aromatic rings. The molecule has 0 saturated carbocycles. The van der Waals surface area contributed by atoms with Gasteiger partial charge in [-0.2, -0.15) is 0 Å². The van der Waals surface area contributed by atoms with E-state index in [4.69, 9.17) is 9.84 Å². The van der Waals surface area contributed by atoms with Crippen LogP contribution >= 0.6 is 0 Å². The Labute approximate surface area is 112 Å². The van der Waals surface area contributed by atoms with E-state index < -0.39 is 18.0 Å². The second-order valence-electron chi connectivity index (χ2n) is 3.93. The number of hydrogen-bond donors (Lipinski definition) is 1. The number of carboxylic acid groups (broad SMARTS) is 1. The highest BCUT2D eigenvalue weighted by Gasteiger charge is 2.26. The summed E-state index contributed by atoms with van der Waals surface area (Å²) in [4.78, 5) is 24.2. The van der Waals surface area contributed by atoms with Gasteiger partial charge in [-0.05, 0) is 5.56 Å². The number of aliphatic carboxylic acids is 1. The van der Waals surface area contributed by atoms with Gasteiger partial charge in [0.15, 0.2) is 6.10 Å². The molecule has 0 heterocycles. The zero-order valence-electron chi connectivity index (χ0n) is 10.8. The molecule has 0 aliphatic carbocycles. The Bertz CT molecular complexity index is 444. The third-order valence-electron chi connectivity index (χ3n) is 2.55. The van der Waals surface area contributed by atoms with Crippen molar-refractivity contribution in [2.75, 3.05) is 20.2 Å². The van der Waals surface area contributed by atoms with Gasteiger partial charge in [0.2, 0.25) is 0 Å². The van der Waals surface area contributed by atoms with Crippen LogP contribution in [0.5, 0.6) is 0 Å². The van der Waals surface area contributed by atoms with E-state index in [0.29, 0.717) is 5.56 Å². The molecule has 1 atom stereocenters. The summed E-state index contributed by atoms with van der Waals surface area (Å²) in [6.07, 6.45) is 0.680. The van der Waals surface area contributed by atoms with Crippen molar-refractivity contribution in [2.45, 2.75) is 6.10 Å². The highest BCUT2D eigenvalue weighted by atomic mass is 16.5. The summed E-state index contributed by atoms with van der Waals surface area (Å²) < 4.78 is 5.19. The number of methoxy groups -OCH3 is 1. The van der Waals surface area contributed by atoms with Crippen molar-refractivity contribution in [3.63, 3.8) is 0 Å². The average molecular weight is 263 g/mol. The van der Waals surface area contributed by atoms with E-state index in [1.54, 1.807) is 24.3 Å². The molecule has 0 aromatic heterocycles. The predicted molar refractivity (Wildman–Crippen MR) is 70.6 cm³/mol. The summed E-state index contributed by atoms with van der Waals surface area (Å²) in [7, 11) is 1.42. The van der Waals surface area contributed by atoms with Crippen LogP contribution in [0.3, 0.4) is 0 Å². The first kappa shape index (κ1) is 14.9. The molecule has 1 unspecified atom stereocenters. The van der Waals surface area contributed by atoms with Crippen LogP contribution in [0, 0.1) is 0 Å². The van der Waals surface area contributed by atoms with E-state index >= 15 is 0 Å². The normalized spacial score (nSPS) is 11.6. The molecule has 1 amide bonds. The van der Waals surface area contributed by atoms with Crippen molar-refractivity contribution in [3.8, 4) is 0 Å². The molecular weight excluding hydrogens is 246 g/mol. The van der Waals surface area contributed by atoms with Gasteiger partial charge < -0.3 is 14.7 Å². The number of carboxylic acids is 1. The van der Waals surface area contributed by atoms with Crippen LogP contribution < -0.4 is 0 Å². The van der Waals surface area contributed by atoms with E-state index in [2.05, 4.69) is 6.58 Å². The summed E-state index contributed by atoms with van der Waals surface area (Å²) in [6, 6.07) is 8.95. The SMILES string of the molecule is C=CCN(CC(=O)O)C(=O)C(OC)c1ccccc1. The predicted octanol–water partition coefficient (Wildman–Crippen LogP) is 1.47.